The topological polar surface area (TPSA) is 34.2 Å². The van der Waals surface area contributed by atoms with Crippen molar-refractivity contribution in [3.63, 3.8) is 0 Å². The summed E-state index contributed by atoms with van der Waals surface area (Å²) in [6.07, 6.45) is 5.92. The zero-order valence-electron chi connectivity index (χ0n) is 12.2. The van der Waals surface area contributed by atoms with Crippen LogP contribution in [0.1, 0.15) is 25.3 Å². The minimum atomic E-state index is 0.321. The third kappa shape index (κ3) is 2.69. The van der Waals surface area contributed by atoms with Gasteiger partial charge in [0.05, 0.1) is 17.7 Å². The molecule has 0 aliphatic carbocycles. The summed E-state index contributed by atoms with van der Waals surface area (Å²) in [5, 5.41) is 4.68. The van der Waals surface area contributed by atoms with Gasteiger partial charge in [-0.3, -0.25) is 4.98 Å². The number of rotatable bonds is 4. The largest absolute Gasteiger partial charge is 0.374 e. The molecule has 3 atom stereocenters. The summed E-state index contributed by atoms with van der Waals surface area (Å²) in [4.78, 5) is 4.43. The quantitative estimate of drug-likeness (QED) is 0.927. The fourth-order valence-corrected chi connectivity index (χ4v) is 3.12. The summed E-state index contributed by atoms with van der Waals surface area (Å²) in [6.45, 7) is 2.16. The van der Waals surface area contributed by atoms with Gasteiger partial charge in [0.25, 0.3) is 0 Å². The Hall–Kier alpha value is -1.45. The lowest BCUT2D eigenvalue weighted by molar-refractivity contribution is 0.0338. The molecule has 1 N–H and O–H groups in total. The Morgan fingerprint density at radius 1 is 1.30 bits per heavy atom. The van der Waals surface area contributed by atoms with Crippen LogP contribution in [0.15, 0.2) is 36.5 Å². The lowest BCUT2D eigenvalue weighted by Crippen LogP contribution is -2.39. The van der Waals surface area contributed by atoms with Crippen molar-refractivity contribution in [1.29, 1.82) is 0 Å². The predicted molar refractivity (Wildman–Crippen MR) is 81.9 cm³/mol. The van der Waals surface area contributed by atoms with Gasteiger partial charge in [-0.25, -0.2) is 0 Å². The van der Waals surface area contributed by atoms with Crippen LogP contribution in [0.5, 0.6) is 0 Å². The van der Waals surface area contributed by atoms with Crippen molar-refractivity contribution < 1.29 is 4.74 Å². The molecule has 2 aromatic rings. The molecule has 3 unspecified atom stereocenters. The monoisotopic (exact) mass is 270 g/mol. The highest BCUT2D eigenvalue weighted by molar-refractivity contribution is 5.81. The SMILES string of the molecule is CNC(Cc1ccnc2ccccc12)C1CCC(C)O1. The maximum atomic E-state index is 6.02. The standard InChI is InChI=1S/C17H22N2O/c1-12-7-8-17(20-12)16(18-2)11-13-9-10-19-15-6-4-3-5-14(13)15/h3-6,9-10,12,16-18H,7-8,11H2,1-2H3. The molecule has 3 heteroatoms. The maximum Gasteiger partial charge on any atom is 0.0735 e. The number of hydrogen-bond donors (Lipinski definition) is 1. The molecule has 3 nitrogen and oxygen atoms in total. The Bertz CT molecular complexity index is 579. The third-order valence-electron chi connectivity index (χ3n) is 4.26. The van der Waals surface area contributed by atoms with E-state index in [1.54, 1.807) is 0 Å². The third-order valence-corrected chi connectivity index (χ3v) is 4.26. The Morgan fingerprint density at radius 3 is 2.90 bits per heavy atom. The zero-order chi connectivity index (χ0) is 13.9. The number of likely N-dealkylation sites (N-methyl/N-ethyl adjacent to an activating group) is 1. The molecule has 2 heterocycles. The highest BCUT2D eigenvalue weighted by Gasteiger charge is 2.28. The summed E-state index contributed by atoms with van der Waals surface area (Å²) in [6, 6.07) is 10.8. The second-order valence-corrected chi connectivity index (χ2v) is 5.65. The first kappa shape index (κ1) is 13.5. The number of para-hydroxylation sites is 1. The van der Waals surface area contributed by atoms with Crippen LogP contribution in [-0.2, 0) is 11.2 Å². The van der Waals surface area contributed by atoms with Crippen molar-refractivity contribution in [3.05, 3.63) is 42.1 Å². The van der Waals surface area contributed by atoms with Gasteiger partial charge in [-0.15, -0.1) is 0 Å². The van der Waals surface area contributed by atoms with Crippen molar-refractivity contribution >= 4 is 10.9 Å². The minimum absolute atomic E-state index is 0.321. The van der Waals surface area contributed by atoms with Gasteiger partial charge in [0.15, 0.2) is 0 Å². The molecule has 1 saturated heterocycles. The second-order valence-electron chi connectivity index (χ2n) is 5.65. The van der Waals surface area contributed by atoms with Crippen molar-refractivity contribution in [2.24, 2.45) is 0 Å². The molecule has 0 bridgehead atoms. The first-order valence-corrected chi connectivity index (χ1v) is 7.43. The van der Waals surface area contributed by atoms with E-state index in [9.17, 15) is 0 Å². The predicted octanol–water partition coefficient (Wildman–Crippen LogP) is 2.93. The van der Waals surface area contributed by atoms with Crippen molar-refractivity contribution in [3.8, 4) is 0 Å². The Labute approximate surface area is 120 Å². The van der Waals surface area contributed by atoms with Crippen LogP contribution in [0.4, 0.5) is 0 Å². The van der Waals surface area contributed by atoms with E-state index in [0.717, 1.165) is 18.4 Å². The van der Waals surface area contributed by atoms with E-state index < -0.39 is 0 Å². The lowest BCUT2D eigenvalue weighted by atomic mass is 9.97. The van der Waals surface area contributed by atoms with Crippen LogP contribution in [-0.4, -0.2) is 30.3 Å². The van der Waals surface area contributed by atoms with Gasteiger partial charge in [-0.05, 0) is 50.9 Å². The van der Waals surface area contributed by atoms with E-state index in [4.69, 9.17) is 4.74 Å². The van der Waals surface area contributed by atoms with E-state index in [1.807, 2.05) is 19.3 Å². The van der Waals surface area contributed by atoms with Crippen LogP contribution in [0, 0.1) is 0 Å². The van der Waals surface area contributed by atoms with Gasteiger partial charge in [-0.1, -0.05) is 18.2 Å². The number of hydrogen-bond acceptors (Lipinski definition) is 3. The summed E-state index contributed by atoms with van der Waals surface area (Å²) in [5.74, 6) is 0. The first-order valence-electron chi connectivity index (χ1n) is 7.43. The van der Waals surface area contributed by atoms with E-state index in [-0.39, 0.29) is 0 Å². The fraction of sp³-hybridized carbons (Fsp3) is 0.471. The maximum absolute atomic E-state index is 6.02. The summed E-state index contributed by atoms with van der Waals surface area (Å²) in [7, 11) is 2.03. The van der Waals surface area contributed by atoms with E-state index >= 15 is 0 Å². The summed E-state index contributed by atoms with van der Waals surface area (Å²) >= 11 is 0. The van der Waals surface area contributed by atoms with Gasteiger partial charge in [-0.2, -0.15) is 0 Å². The number of nitrogens with zero attached hydrogens (tertiary/aromatic N) is 1. The Kier molecular flexibility index (Phi) is 3.99. The molecular formula is C17H22N2O. The minimum Gasteiger partial charge on any atom is -0.374 e. The molecule has 0 amide bonds. The van der Waals surface area contributed by atoms with Crippen molar-refractivity contribution in [2.75, 3.05) is 7.05 Å². The normalized spacial score (nSPS) is 24.1. The summed E-state index contributed by atoms with van der Waals surface area (Å²) in [5.41, 5.74) is 2.42. The number of ether oxygens (including phenoxy) is 1. The fourth-order valence-electron chi connectivity index (χ4n) is 3.12. The molecule has 0 saturated carbocycles. The van der Waals surface area contributed by atoms with E-state index in [1.165, 1.54) is 17.4 Å². The van der Waals surface area contributed by atoms with Gasteiger partial charge >= 0.3 is 0 Å². The molecule has 1 fully saturated rings. The molecule has 106 valence electrons. The van der Waals surface area contributed by atoms with E-state index in [0.29, 0.717) is 18.2 Å². The summed E-state index contributed by atoms with van der Waals surface area (Å²) < 4.78 is 6.02. The number of nitrogens with one attached hydrogen (secondary N) is 1. The van der Waals surface area contributed by atoms with E-state index in [2.05, 4.69) is 41.5 Å². The Morgan fingerprint density at radius 2 is 2.15 bits per heavy atom. The lowest BCUT2D eigenvalue weighted by Gasteiger charge is -2.23. The first-order chi connectivity index (χ1) is 9.78. The van der Waals surface area contributed by atoms with Crippen molar-refractivity contribution in [1.82, 2.24) is 10.3 Å². The van der Waals surface area contributed by atoms with Crippen molar-refractivity contribution in [2.45, 2.75) is 44.4 Å². The number of benzene rings is 1. The van der Waals surface area contributed by atoms with Crippen LogP contribution < -0.4 is 5.32 Å². The van der Waals surface area contributed by atoms with Gasteiger partial charge in [0.2, 0.25) is 0 Å². The molecule has 3 rings (SSSR count). The number of pyridine rings is 1. The van der Waals surface area contributed by atoms with Crippen LogP contribution >= 0.6 is 0 Å². The smallest absolute Gasteiger partial charge is 0.0735 e. The van der Waals surface area contributed by atoms with Gasteiger partial charge < -0.3 is 10.1 Å². The highest BCUT2D eigenvalue weighted by atomic mass is 16.5. The number of aromatic nitrogens is 1. The molecule has 0 radical (unpaired) electrons. The Balaban J connectivity index is 1.84. The molecule has 1 aromatic heterocycles. The van der Waals surface area contributed by atoms with Crippen LogP contribution in [0.2, 0.25) is 0 Å². The van der Waals surface area contributed by atoms with Gasteiger partial charge in [0.1, 0.15) is 0 Å². The van der Waals surface area contributed by atoms with Crippen LogP contribution in [0.25, 0.3) is 10.9 Å². The molecule has 1 aliphatic rings. The van der Waals surface area contributed by atoms with Crippen LogP contribution in [0.3, 0.4) is 0 Å². The average molecular weight is 270 g/mol. The number of fused-ring (bicyclic) bond motifs is 1. The van der Waals surface area contributed by atoms with Gasteiger partial charge in [0, 0.05) is 17.6 Å². The molecule has 0 spiro atoms. The highest BCUT2D eigenvalue weighted by Crippen LogP contribution is 2.25. The second kappa shape index (κ2) is 5.90. The average Bonchev–Trinajstić information content (AvgIpc) is 2.91. The zero-order valence-corrected chi connectivity index (χ0v) is 12.2. The molecule has 1 aliphatic heterocycles. The molecule has 1 aromatic carbocycles. The molecular weight excluding hydrogens is 248 g/mol. The molecule has 20 heavy (non-hydrogen) atoms.